The first-order valence-electron chi connectivity index (χ1n) is 8.15. The van der Waals surface area contributed by atoms with E-state index in [4.69, 9.17) is 0 Å². The van der Waals surface area contributed by atoms with Crippen molar-refractivity contribution in [1.82, 2.24) is 10.2 Å². The molecule has 23 heavy (non-hydrogen) atoms. The summed E-state index contributed by atoms with van der Waals surface area (Å²) in [4.78, 5) is 12.2. The molecule has 1 heterocycles. The van der Waals surface area contributed by atoms with Gasteiger partial charge in [-0.2, -0.15) is 5.10 Å². The van der Waals surface area contributed by atoms with Gasteiger partial charge in [-0.15, -0.1) is 0 Å². The van der Waals surface area contributed by atoms with Crippen LogP contribution in [0.5, 0.6) is 0 Å². The number of fused-ring (bicyclic) bond motifs is 5. The number of halogens is 2. The third-order valence-corrected chi connectivity index (χ3v) is 6.26. The molecule has 0 saturated carbocycles. The van der Waals surface area contributed by atoms with Crippen molar-refractivity contribution in [3.63, 3.8) is 0 Å². The van der Waals surface area contributed by atoms with Crippen molar-refractivity contribution in [3.8, 4) is 0 Å². The molecule has 1 aromatic heterocycles. The summed E-state index contributed by atoms with van der Waals surface area (Å²) in [6.45, 7) is 2.18. The van der Waals surface area contributed by atoms with Crippen molar-refractivity contribution in [2.75, 3.05) is 0 Å². The standard InChI is InChI=1S/C18H18BrFN2O/c1-2-3-5-18-6-4-14(23)16(19)15(18)10-7-13(20)17-12(9-21-22-17)11(10)8-18/h7,9H,2-6,8H2,1H3,(H,21,22). The Balaban J connectivity index is 1.99. The molecule has 2 aromatic rings. The summed E-state index contributed by atoms with van der Waals surface area (Å²) in [6.07, 6.45) is 7.27. The Morgan fingerprint density at radius 2 is 2.30 bits per heavy atom. The van der Waals surface area contributed by atoms with E-state index in [1.165, 1.54) is 0 Å². The van der Waals surface area contributed by atoms with Gasteiger partial charge in [-0.05, 0) is 58.0 Å². The lowest BCUT2D eigenvalue weighted by atomic mass is 9.69. The van der Waals surface area contributed by atoms with Crippen molar-refractivity contribution >= 4 is 38.2 Å². The number of carbonyl (C=O) groups excluding carboxylic acids is 1. The number of nitrogens with zero attached hydrogens (tertiary/aromatic N) is 1. The van der Waals surface area contributed by atoms with Crippen LogP contribution in [0.1, 0.15) is 50.2 Å². The molecule has 4 rings (SSSR count). The normalized spacial score (nSPS) is 23.5. The Labute approximate surface area is 142 Å². The van der Waals surface area contributed by atoms with E-state index in [1.807, 2.05) is 0 Å². The number of hydrogen-bond acceptors (Lipinski definition) is 2. The largest absolute Gasteiger partial charge is 0.294 e. The minimum absolute atomic E-state index is 0.0386. The van der Waals surface area contributed by atoms with Crippen molar-refractivity contribution in [2.24, 2.45) is 5.41 Å². The van der Waals surface area contributed by atoms with Crippen LogP contribution in [0.3, 0.4) is 0 Å². The Morgan fingerprint density at radius 1 is 1.48 bits per heavy atom. The molecule has 120 valence electrons. The molecular formula is C18H18BrFN2O. The molecule has 5 heteroatoms. The Kier molecular flexibility index (Phi) is 3.45. The van der Waals surface area contributed by atoms with Crippen LogP contribution in [0, 0.1) is 11.2 Å². The van der Waals surface area contributed by atoms with Gasteiger partial charge in [-0.3, -0.25) is 9.89 Å². The van der Waals surface area contributed by atoms with E-state index in [1.54, 1.807) is 12.3 Å². The molecule has 0 amide bonds. The van der Waals surface area contributed by atoms with Crippen molar-refractivity contribution in [3.05, 3.63) is 33.7 Å². The summed E-state index contributed by atoms with van der Waals surface area (Å²) in [7, 11) is 0. The smallest absolute Gasteiger partial charge is 0.170 e. The number of hydrogen-bond donors (Lipinski definition) is 1. The van der Waals surface area contributed by atoms with Gasteiger partial charge in [-0.25, -0.2) is 4.39 Å². The number of carbonyl (C=O) groups is 1. The lowest BCUT2D eigenvalue weighted by Crippen LogP contribution is -2.27. The molecule has 0 radical (unpaired) electrons. The first-order chi connectivity index (χ1) is 11.1. The van der Waals surface area contributed by atoms with Crippen LogP contribution in [0.4, 0.5) is 4.39 Å². The van der Waals surface area contributed by atoms with Gasteiger partial charge in [0.05, 0.1) is 10.7 Å². The second-order valence-electron chi connectivity index (χ2n) is 6.72. The maximum absolute atomic E-state index is 14.4. The zero-order valence-electron chi connectivity index (χ0n) is 13.0. The molecule has 1 unspecified atom stereocenters. The maximum atomic E-state index is 14.4. The van der Waals surface area contributed by atoms with E-state index < -0.39 is 0 Å². The van der Waals surface area contributed by atoms with Crippen LogP contribution in [0.15, 0.2) is 16.7 Å². The molecule has 0 spiro atoms. The summed E-state index contributed by atoms with van der Waals surface area (Å²) < 4.78 is 15.1. The van der Waals surface area contributed by atoms with E-state index in [2.05, 4.69) is 33.1 Å². The summed E-state index contributed by atoms with van der Waals surface area (Å²) >= 11 is 3.52. The Bertz CT molecular complexity index is 854. The zero-order chi connectivity index (χ0) is 16.2. The molecule has 0 fully saturated rings. The van der Waals surface area contributed by atoms with Gasteiger partial charge >= 0.3 is 0 Å². The summed E-state index contributed by atoms with van der Waals surface area (Å²) in [5.74, 6) is -0.166. The van der Waals surface area contributed by atoms with Crippen LogP contribution in [-0.2, 0) is 11.2 Å². The SMILES string of the molecule is CCCCC12CCC(=O)C(Br)=C1c1cc(F)c3[nH]ncc3c1C2. The molecule has 2 aliphatic carbocycles. The van der Waals surface area contributed by atoms with E-state index >= 15 is 0 Å². The predicted molar refractivity (Wildman–Crippen MR) is 91.8 cm³/mol. The number of ketones is 1. The van der Waals surface area contributed by atoms with Crippen LogP contribution >= 0.6 is 15.9 Å². The second-order valence-corrected chi connectivity index (χ2v) is 7.51. The van der Waals surface area contributed by atoms with Crippen LogP contribution in [0.2, 0.25) is 0 Å². The first kappa shape index (κ1) is 15.1. The fraction of sp³-hybridized carbons (Fsp3) is 0.444. The van der Waals surface area contributed by atoms with Crippen LogP contribution in [-0.4, -0.2) is 16.0 Å². The van der Waals surface area contributed by atoms with Crippen LogP contribution in [0.25, 0.3) is 16.5 Å². The number of rotatable bonds is 3. The van der Waals surface area contributed by atoms with Crippen LogP contribution < -0.4 is 0 Å². The minimum atomic E-state index is -0.298. The highest BCUT2D eigenvalue weighted by Gasteiger charge is 2.47. The van der Waals surface area contributed by atoms with E-state index in [9.17, 15) is 9.18 Å². The van der Waals surface area contributed by atoms with Gasteiger partial charge in [0.15, 0.2) is 5.78 Å². The number of benzene rings is 1. The second kappa shape index (κ2) is 5.26. The maximum Gasteiger partial charge on any atom is 0.170 e. The number of H-pyrrole nitrogens is 1. The van der Waals surface area contributed by atoms with E-state index in [0.717, 1.165) is 54.2 Å². The Morgan fingerprint density at radius 3 is 3.09 bits per heavy atom. The molecule has 1 aromatic carbocycles. The first-order valence-corrected chi connectivity index (χ1v) is 8.95. The van der Waals surface area contributed by atoms with E-state index in [-0.39, 0.29) is 17.0 Å². The molecule has 0 bridgehead atoms. The van der Waals surface area contributed by atoms with Crippen molar-refractivity contribution in [2.45, 2.75) is 45.4 Å². The lowest BCUT2D eigenvalue weighted by molar-refractivity contribution is -0.115. The predicted octanol–water partition coefficient (Wildman–Crippen LogP) is 4.90. The van der Waals surface area contributed by atoms with Gasteiger partial charge < -0.3 is 0 Å². The van der Waals surface area contributed by atoms with Gasteiger partial charge in [-0.1, -0.05) is 19.8 Å². The molecule has 1 N–H and O–H groups in total. The third kappa shape index (κ3) is 2.05. The van der Waals surface area contributed by atoms with E-state index in [0.29, 0.717) is 16.4 Å². The van der Waals surface area contributed by atoms with Gasteiger partial charge in [0, 0.05) is 17.2 Å². The highest BCUT2D eigenvalue weighted by atomic mass is 79.9. The molecule has 2 aliphatic rings. The molecule has 1 atom stereocenters. The zero-order valence-corrected chi connectivity index (χ0v) is 14.6. The van der Waals surface area contributed by atoms with Crippen molar-refractivity contribution in [1.29, 1.82) is 0 Å². The third-order valence-electron chi connectivity index (χ3n) is 5.42. The molecular weight excluding hydrogens is 359 g/mol. The fourth-order valence-corrected chi connectivity index (χ4v) is 5.11. The topological polar surface area (TPSA) is 45.8 Å². The Hall–Kier alpha value is -1.49. The fourth-order valence-electron chi connectivity index (χ4n) is 4.27. The van der Waals surface area contributed by atoms with Crippen molar-refractivity contribution < 1.29 is 9.18 Å². The average molecular weight is 377 g/mol. The number of aromatic amines is 1. The number of nitrogens with one attached hydrogen (secondary N) is 1. The summed E-state index contributed by atoms with van der Waals surface area (Å²) in [5.41, 5.74) is 3.49. The molecule has 0 saturated heterocycles. The van der Waals surface area contributed by atoms with Gasteiger partial charge in [0.2, 0.25) is 0 Å². The van der Waals surface area contributed by atoms with Gasteiger partial charge in [0.25, 0.3) is 0 Å². The highest BCUT2D eigenvalue weighted by Crippen LogP contribution is 2.58. The number of unbranched alkanes of at least 4 members (excludes halogenated alkanes) is 1. The van der Waals surface area contributed by atoms with Gasteiger partial charge in [0.1, 0.15) is 11.3 Å². The molecule has 0 aliphatic heterocycles. The monoisotopic (exact) mass is 376 g/mol. The number of aromatic nitrogens is 2. The minimum Gasteiger partial charge on any atom is -0.294 e. The quantitative estimate of drug-likeness (QED) is 0.827. The summed E-state index contributed by atoms with van der Waals surface area (Å²) in [5, 5.41) is 7.62. The number of Topliss-reactive ketones (excluding diaryl/α,β-unsaturated/α-hetero) is 1. The highest BCUT2D eigenvalue weighted by molar-refractivity contribution is 9.12. The lowest BCUT2D eigenvalue weighted by Gasteiger charge is -2.35. The molecule has 3 nitrogen and oxygen atoms in total. The average Bonchev–Trinajstić information content (AvgIpc) is 3.13. The summed E-state index contributed by atoms with van der Waals surface area (Å²) in [6, 6.07) is 1.58. The number of allylic oxidation sites excluding steroid dienone is 2.